The molecule has 3 rings (SSSR count). The third-order valence-corrected chi connectivity index (χ3v) is 3.41. The molecule has 25 heavy (non-hydrogen) atoms. The van der Waals surface area contributed by atoms with Gasteiger partial charge < -0.3 is 15.0 Å². The standard InChI is InChI=1S/C17H13F3N2O2.ClH/c18-17(19,20)13-5-1-11(2-6-13)9-23-14-7-3-12(4-8-14)16-15(21)10-24-22-16;/h1-8,10H,9,21H2;1H. The molecule has 0 radical (unpaired) electrons. The minimum atomic E-state index is -4.34. The van der Waals surface area contributed by atoms with Gasteiger partial charge in [0.1, 0.15) is 30.0 Å². The molecule has 2 aromatic carbocycles. The number of ether oxygens (including phenoxy) is 1. The largest absolute Gasteiger partial charge is 0.489 e. The molecule has 0 spiro atoms. The lowest BCUT2D eigenvalue weighted by atomic mass is 10.1. The van der Waals surface area contributed by atoms with Crippen LogP contribution in [0.25, 0.3) is 11.3 Å². The summed E-state index contributed by atoms with van der Waals surface area (Å²) in [4.78, 5) is 0. The molecule has 0 saturated carbocycles. The Morgan fingerprint density at radius 2 is 1.64 bits per heavy atom. The third kappa shape index (κ3) is 4.45. The first-order chi connectivity index (χ1) is 11.4. The maximum Gasteiger partial charge on any atom is 0.416 e. The van der Waals surface area contributed by atoms with Gasteiger partial charge in [-0.05, 0) is 42.0 Å². The van der Waals surface area contributed by atoms with Crippen molar-refractivity contribution in [3.05, 3.63) is 65.9 Å². The highest BCUT2D eigenvalue weighted by Crippen LogP contribution is 2.29. The van der Waals surface area contributed by atoms with Crippen LogP contribution < -0.4 is 10.5 Å². The highest BCUT2D eigenvalue weighted by atomic mass is 35.5. The molecule has 0 atom stereocenters. The fraction of sp³-hybridized carbons (Fsp3) is 0.118. The normalized spacial score (nSPS) is 11.0. The van der Waals surface area contributed by atoms with E-state index in [1.165, 1.54) is 18.4 Å². The molecule has 0 aliphatic carbocycles. The van der Waals surface area contributed by atoms with E-state index in [1.54, 1.807) is 24.3 Å². The Bertz CT molecular complexity index is 815. The molecule has 1 aromatic heterocycles. The summed E-state index contributed by atoms with van der Waals surface area (Å²) in [6.07, 6.45) is -2.98. The minimum absolute atomic E-state index is 0. The molecule has 132 valence electrons. The van der Waals surface area contributed by atoms with Gasteiger partial charge in [-0.3, -0.25) is 0 Å². The van der Waals surface area contributed by atoms with E-state index in [9.17, 15) is 13.2 Å². The Balaban J connectivity index is 0.00000225. The lowest BCUT2D eigenvalue weighted by Gasteiger charge is -2.09. The predicted molar refractivity (Wildman–Crippen MR) is 89.4 cm³/mol. The van der Waals surface area contributed by atoms with Gasteiger partial charge in [0, 0.05) is 5.56 Å². The Labute approximate surface area is 147 Å². The second-order valence-electron chi connectivity index (χ2n) is 5.13. The number of hydrogen-bond donors (Lipinski definition) is 1. The van der Waals surface area contributed by atoms with Crippen molar-refractivity contribution in [1.29, 1.82) is 0 Å². The Hall–Kier alpha value is -2.67. The molecule has 1 heterocycles. The molecule has 0 fully saturated rings. The minimum Gasteiger partial charge on any atom is -0.489 e. The van der Waals surface area contributed by atoms with Crippen molar-refractivity contribution in [2.75, 3.05) is 5.73 Å². The average Bonchev–Trinajstić information content (AvgIpc) is 2.99. The van der Waals surface area contributed by atoms with Crippen LogP contribution in [0.2, 0.25) is 0 Å². The first kappa shape index (κ1) is 18.7. The van der Waals surface area contributed by atoms with Gasteiger partial charge in [-0.2, -0.15) is 13.2 Å². The van der Waals surface area contributed by atoms with E-state index in [0.29, 0.717) is 22.7 Å². The van der Waals surface area contributed by atoms with Gasteiger partial charge in [-0.25, -0.2) is 0 Å². The van der Waals surface area contributed by atoms with Gasteiger partial charge in [0.05, 0.1) is 5.56 Å². The molecule has 3 aromatic rings. The van der Waals surface area contributed by atoms with Crippen molar-refractivity contribution in [1.82, 2.24) is 5.16 Å². The van der Waals surface area contributed by atoms with Crippen LogP contribution in [0.3, 0.4) is 0 Å². The molecule has 0 bridgehead atoms. The first-order valence-corrected chi connectivity index (χ1v) is 7.03. The number of nitrogens with zero attached hydrogens (tertiary/aromatic N) is 1. The molecular weight excluding hydrogens is 357 g/mol. The lowest BCUT2D eigenvalue weighted by Crippen LogP contribution is -2.05. The predicted octanol–water partition coefficient (Wildman–Crippen LogP) is 4.94. The van der Waals surface area contributed by atoms with Gasteiger partial charge >= 0.3 is 6.18 Å². The van der Waals surface area contributed by atoms with E-state index in [0.717, 1.165) is 17.7 Å². The zero-order valence-corrected chi connectivity index (χ0v) is 13.6. The summed E-state index contributed by atoms with van der Waals surface area (Å²) in [7, 11) is 0. The zero-order valence-electron chi connectivity index (χ0n) is 12.8. The fourth-order valence-corrected chi connectivity index (χ4v) is 2.13. The number of aromatic nitrogens is 1. The third-order valence-electron chi connectivity index (χ3n) is 3.41. The lowest BCUT2D eigenvalue weighted by molar-refractivity contribution is -0.137. The second kappa shape index (κ2) is 7.48. The van der Waals surface area contributed by atoms with Crippen molar-refractivity contribution in [2.24, 2.45) is 0 Å². The van der Waals surface area contributed by atoms with Crippen LogP contribution in [0.4, 0.5) is 18.9 Å². The number of alkyl halides is 3. The number of halogens is 4. The Morgan fingerprint density at radius 3 is 2.16 bits per heavy atom. The van der Waals surface area contributed by atoms with E-state index in [1.807, 2.05) is 0 Å². The van der Waals surface area contributed by atoms with E-state index >= 15 is 0 Å². The summed E-state index contributed by atoms with van der Waals surface area (Å²) in [5.41, 5.74) is 7.45. The number of hydrogen-bond acceptors (Lipinski definition) is 4. The molecule has 0 saturated heterocycles. The Morgan fingerprint density at radius 1 is 1.00 bits per heavy atom. The molecule has 0 unspecified atom stereocenters. The Kier molecular flexibility index (Phi) is 5.58. The SMILES string of the molecule is Cl.Nc1conc1-c1ccc(OCc2ccc(C(F)(F)F)cc2)cc1. The highest BCUT2D eigenvalue weighted by Gasteiger charge is 2.29. The van der Waals surface area contributed by atoms with Gasteiger partial charge in [-0.15, -0.1) is 12.4 Å². The quantitative estimate of drug-likeness (QED) is 0.706. The maximum atomic E-state index is 12.5. The van der Waals surface area contributed by atoms with E-state index in [2.05, 4.69) is 5.16 Å². The van der Waals surface area contributed by atoms with Crippen molar-refractivity contribution >= 4 is 18.1 Å². The van der Waals surface area contributed by atoms with Gasteiger partial charge in [0.15, 0.2) is 0 Å². The van der Waals surface area contributed by atoms with Crippen LogP contribution in [-0.2, 0) is 12.8 Å². The molecule has 8 heteroatoms. The highest BCUT2D eigenvalue weighted by molar-refractivity contribution is 5.85. The smallest absolute Gasteiger partial charge is 0.416 e. The van der Waals surface area contributed by atoms with Crippen LogP contribution in [0.5, 0.6) is 5.75 Å². The van der Waals surface area contributed by atoms with Crippen LogP contribution in [0, 0.1) is 0 Å². The van der Waals surface area contributed by atoms with Crippen molar-refractivity contribution in [2.45, 2.75) is 12.8 Å². The summed E-state index contributed by atoms with van der Waals surface area (Å²) in [5, 5.41) is 3.80. The molecule has 2 N–H and O–H groups in total. The molecule has 0 amide bonds. The number of anilines is 1. The number of nitrogen functional groups attached to an aromatic ring is 1. The summed E-state index contributed by atoms with van der Waals surface area (Å²) >= 11 is 0. The van der Waals surface area contributed by atoms with E-state index in [-0.39, 0.29) is 19.0 Å². The average molecular weight is 371 g/mol. The number of nitrogens with two attached hydrogens (primary N) is 1. The summed E-state index contributed by atoms with van der Waals surface area (Å²) in [6.45, 7) is 0.170. The van der Waals surface area contributed by atoms with E-state index < -0.39 is 11.7 Å². The zero-order chi connectivity index (χ0) is 17.2. The topological polar surface area (TPSA) is 61.3 Å². The summed E-state index contributed by atoms with van der Waals surface area (Å²) in [6, 6.07) is 11.9. The van der Waals surface area contributed by atoms with Gasteiger partial charge in [0.25, 0.3) is 0 Å². The molecular formula is C17H14ClF3N2O2. The summed E-state index contributed by atoms with van der Waals surface area (Å²) in [5.74, 6) is 0.584. The van der Waals surface area contributed by atoms with Crippen LogP contribution in [0.15, 0.2) is 59.3 Å². The van der Waals surface area contributed by atoms with E-state index in [4.69, 9.17) is 15.0 Å². The first-order valence-electron chi connectivity index (χ1n) is 7.03. The maximum absolute atomic E-state index is 12.5. The number of benzene rings is 2. The van der Waals surface area contributed by atoms with Gasteiger partial charge in [0.2, 0.25) is 0 Å². The van der Waals surface area contributed by atoms with Crippen molar-refractivity contribution < 1.29 is 22.4 Å². The fourth-order valence-electron chi connectivity index (χ4n) is 2.13. The molecule has 0 aliphatic heterocycles. The monoisotopic (exact) mass is 370 g/mol. The van der Waals surface area contributed by atoms with Crippen LogP contribution in [0.1, 0.15) is 11.1 Å². The van der Waals surface area contributed by atoms with Crippen molar-refractivity contribution in [3.63, 3.8) is 0 Å². The van der Waals surface area contributed by atoms with Gasteiger partial charge in [-0.1, -0.05) is 17.3 Å². The summed E-state index contributed by atoms with van der Waals surface area (Å²) < 4.78 is 47.8. The van der Waals surface area contributed by atoms with Crippen molar-refractivity contribution in [3.8, 4) is 17.0 Å². The molecule has 4 nitrogen and oxygen atoms in total. The second-order valence-corrected chi connectivity index (χ2v) is 5.13. The van der Waals surface area contributed by atoms with Crippen LogP contribution in [-0.4, -0.2) is 5.16 Å². The van der Waals surface area contributed by atoms with Crippen LogP contribution >= 0.6 is 12.4 Å². The number of rotatable bonds is 4. The molecule has 0 aliphatic rings.